The molecule has 0 spiro atoms. The van der Waals surface area contributed by atoms with Crippen LogP contribution in [0.1, 0.15) is 59.8 Å². The van der Waals surface area contributed by atoms with Crippen molar-refractivity contribution in [2.24, 2.45) is 11.3 Å². The van der Waals surface area contributed by atoms with Gasteiger partial charge in [0, 0.05) is 24.7 Å². The van der Waals surface area contributed by atoms with E-state index in [0.717, 1.165) is 25.7 Å². The topological polar surface area (TPSA) is 24.5 Å². The lowest BCUT2D eigenvalue weighted by molar-refractivity contribution is -0.0564. The molecule has 0 aromatic heterocycles. The summed E-state index contributed by atoms with van der Waals surface area (Å²) < 4.78 is 5.72. The Kier molecular flexibility index (Phi) is 6.10. The highest BCUT2D eigenvalue weighted by Gasteiger charge is 2.41. The molecule has 4 atom stereocenters. The molecule has 0 amide bonds. The summed E-state index contributed by atoms with van der Waals surface area (Å²) >= 11 is 0. The molecule has 0 aromatic carbocycles. The molecule has 2 fully saturated rings. The van der Waals surface area contributed by atoms with Gasteiger partial charge in [0.15, 0.2) is 0 Å². The van der Waals surface area contributed by atoms with Gasteiger partial charge in [-0.15, -0.1) is 0 Å². The van der Waals surface area contributed by atoms with Crippen molar-refractivity contribution in [3.63, 3.8) is 0 Å². The van der Waals surface area contributed by atoms with Crippen LogP contribution in [0.2, 0.25) is 0 Å². The lowest BCUT2D eigenvalue weighted by Gasteiger charge is -2.50. The first-order valence-electron chi connectivity index (χ1n) is 9.04. The zero-order valence-corrected chi connectivity index (χ0v) is 14.8. The number of nitrogens with zero attached hydrogens (tertiary/aromatic N) is 1. The molecule has 124 valence electrons. The molecule has 1 saturated heterocycles. The van der Waals surface area contributed by atoms with Crippen molar-refractivity contribution in [1.29, 1.82) is 0 Å². The molecule has 3 heteroatoms. The standard InChI is InChI=1S/C18H36N2O/c1-6-15-13-21-11-10-20(15)17-12-14(18(3,4)7-2)8-9-16(17)19-5/h14-17,19H,6-13H2,1-5H3. The summed E-state index contributed by atoms with van der Waals surface area (Å²) in [4.78, 5) is 2.77. The van der Waals surface area contributed by atoms with Crippen LogP contribution in [0.25, 0.3) is 0 Å². The summed E-state index contributed by atoms with van der Waals surface area (Å²) in [5, 5.41) is 3.60. The largest absolute Gasteiger partial charge is 0.378 e. The molecule has 1 saturated carbocycles. The Morgan fingerprint density at radius 2 is 2.00 bits per heavy atom. The number of ether oxygens (including phenoxy) is 1. The van der Waals surface area contributed by atoms with Crippen LogP contribution in [0.15, 0.2) is 0 Å². The van der Waals surface area contributed by atoms with Crippen molar-refractivity contribution in [2.75, 3.05) is 26.8 Å². The SMILES string of the molecule is CCC1COCCN1C1CC(C(C)(C)CC)CCC1NC. The predicted octanol–water partition coefficient (Wildman–Crippen LogP) is 3.29. The molecule has 0 bridgehead atoms. The third-order valence-corrected chi connectivity index (χ3v) is 6.37. The van der Waals surface area contributed by atoms with Crippen molar-refractivity contribution in [3.8, 4) is 0 Å². The zero-order valence-electron chi connectivity index (χ0n) is 14.8. The van der Waals surface area contributed by atoms with Crippen molar-refractivity contribution in [3.05, 3.63) is 0 Å². The summed E-state index contributed by atoms with van der Waals surface area (Å²) in [5.41, 5.74) is 0.477. The average molecular weight is 296 g/mol. The monoisotopic (exact) mass is 296 g/mol. The Morgan fingerprint density at radius 1 is 1.24 bits per heavy atom. The number of likely N-dealkylation sites (N-methyl/N-ethyl adjacent to an activating group) is 1. The van der Waals surface area contributed by atoms with Gasteiger partial charge in [0.25, 0.3) is 0 Å². The Hall–Kier alpha value is -0.120. The molecule has 3 nitrogen and oxygen atoms in total. The fraction of sp³-hybridized carbons (Fsp3) is 1.00. The molecule has 0 radical (unpaired) electrons. The second-order valence-corrected chi connectivity index (χ2v) is 7.69. The molecule has 1 N–H and O–H groups in total. The third kappa shape index (κ3) is 3.80. The maximum Gasteiger partial charge on any atom is 0.0622 e. The van der Waals surface area contributed by atoms with Crippen LogP contribution in [0, 0.1) is 11.3 Å². The summed E-state index contributed by atoms with van der Waals surface area (Å²) in [6.45, 7) is 12.5. The van der Waals surface area contributed by atoms with E-state index < -0.39 is 0 Å². The van der Waals surface area contributed by atoms with E-state index in [2.05, 4.69) is 45.0 Å². The van der Waals surface area contributed by atoms with Crippen LogP contribution in [-0.2, 0) is 4.74 Å². The van der Waals surface area contributed by atoms with Gasteiger partial charge in [0.2, 0.25) is 0 Å². The van der Waals surface area contributed by atoms with E-state index in [1.54, 1.807) is 0 Å². The highest BCUT2D eigenvalue weighted by Crippen LogP contribution is 2.42. The molecule has 0 aromatic rings. The van der Waals surface area contributed by atoms with Crippen LogP contribution in [0.5, 0.6) is 0 Å². The number of morpholine rings is 1. The van der Waals surface area contributed by atoms with E-state index in [9.17, 15) is 0 Å². The fourth-order valence-corrected chi connectivity index (χ4v) is 4.31. The minimum Gasteiger partial charge on any atom is -0.378 e. The maximum absolute atomic E-state index is 5.72. The molecule has 21 heavy (non-hydrogen) atoms. The van der Waals surface area contributed by atoms with Gasteiger partial charge >= 0.3 is 0 Å². The second kappa shape index (κ2) is 7.43. The maximum atomic E-state index is 5.72. The molecule has 2 aliphatic rings. The molecule has 1 aliphatic heterocycles. The second-order valence-electron chi connectivity index (χ2n) is 7.69. The molecular formula is C18H36N2O. The van der Waals surface area contributed by atoms with Gasteiger partial charge in [-0.3, -0.25) is 4.90 Å². The Labute approximate surface area is 131 Å². The first-order chi connectivity index (χ1) is 10.0. The number of hydrogen-bond donors (Lipinski definition) is 1. The lowest BCUT2D eigenvalue weighted by atomic mass is 9.67. The Morgan fingerprint density at radius 3 is 2.62 bits per heavy atom. The average Bonchev–Trinajstić information content (AvgIpc) is 2.54. The van der Waals surface area contributed by atoms with Gasteiger partial charge in [-0.05, 0) is 44.1 Å². The predicted molar refractivity (Wildman–Crippen MR) is 89.7 cm³/mol. The van der Waals surface area contributed by atoms with Crippen LogP contribution < -0.4 is 5.32 Å². The van der Waals surface area contributed by atoms with Crippen molar-refractivity contribution >= 4 is 0 Å². The zero-order chi connectivity index (χ0) is 15.5. The molecule has 2 rings (SSSR count). The molecule has 1 heterocycles. The minimum atomic E-state index is 0.477. The van der Waals surface area contributed by atoms with E-state index in [4.69, 9.17) is 4.74 Å². The summed E-state index contributed by atoms with van der Waals surface area (Å²) in [7, 11) is 2.14. The van der Waals surface area contributed by atoms with Gasteiger partial charge in [0.1, 0.15) is 0 Å². The highest BCUT2D eigenvalue weighted by atomic mass is 16.5. The molecular weight excluding hydrogens is 260 g/mol. The lowest BCUT2D eigenvalue weighted by Crippen LogP contribution is -2.59. The quantitative estimate of drug-likeness (QED) is 0.842. The van der Waals surface area contributed by atoms with Crippen molar-refractivity contribution in [2.45, 2.75) is 77.9 Å². The van der Waals surface area contributed by atoms with Gasteiger partial charge in [0.05, 0.1) is 13.2 Å². The van der Waals surface area contributed by atoms with E-state index >= 15 is 0 Å². The van der Waals surface area contributed by atoms with E-state index in [0.29, 0.717) is 23.5 Å². The van der Waals surface area contributed by atoms with Crippen LogP contribution >= 0.6 is 0 Å². The van der Waals surface area contributed by atoms with Crippen LogP contribution in [0.4, 0.5) is 0 Å². The number of hydrogen-bond acceptors (Lipinski definition) is 3. The fourth-order valence-electron chi connectivity index (χ4n) is 4.31. The smallest absolute Gasteiger partial charge is 0.0622 e. The first kappa shape index (κ1) is 17.2. The van der Waals surface area contributed by atoms with E-state index in [1.165, 1.54) is 32.1 Å². The van der Waals surface area contributed by atoms with Crippen molar-refractivity contribution in [1.82, 2.24) is 10.2 Å². The van der Waals surface area contributed by atoms with Crippen LogP contribution in [0.3, 0.4) is 0 Å². The minimum absolute atomic E-state index is 0.477. The Bertz CT molecular complexity index is 318. The summed E-state index contributed by atoms with van der Waals surface area (Å²) in [6.07, 6.45) is 6.54. The highest BCUT2D eigenvalue weighted by molar-refractivity contribution is 4.96. The van der Waals surface area contributed by atoms with E-state index in [-0.39, 0.29) is 0 Å². The molecule has 1 aliphatic carbocycles. The van der Waals surface area contributed by atoms with Gasteiger partial charge in [-0.2, -0.15) is 0 Å². The first-order valence-corrected chi connectivity index (χ1v) is 9.04. The third-order valence-electron chi connectivity index (χ3n) is 6.37. The van der Waals surface area contributed by atoms with Crippen LogP contribution in [-0.4, -0.2) is 49.8 Å². The number of rotatable bonds is 5. The summed E-state index contributed by atoms with van der Waals surface area (Å²) in [6, 6.07) is 1.96. The normalized spacial score (nSPS) is 35.9. The van der Waals surface area contributed by atoms with Gasteiger partial charge in [-0.25, -0.2) is 0 Å². The van der Waals surface area contributed by atoms with Gasteiger partial charge in [-0.1, -0.05) is 34.1 Å². The van der Waals surface area contributed by atoms with Crippen molar-refractivity contribution < 1.29 is 4.74 Å². The van der Waals surface area contributed by atoms with Gasteiger partial charge < -0.3 is 10.1 Å². The summed E-state index contributed by atoms with van der Waals surface area (Å²) in [5.74, 6) is 0.859. The molecule has 4 unspecified atom stereocenters. The number of nitrogens with one attached hydrogen (secondary N) is 1. The van der Waals surface area contributed by atoms with E-state index in [1.807, 2.05) is 0 Å². The Balaban J connectivity index is 2.12.